The molecule has 4 aromatic rings. The second-order valence-corrected chi connectivity index (χ2v) is 16.0. The molecular formula is C39H46N6O4S. The highest BCUT2D eigenvalue weighted by Gasteiger charge is 2.51. The summed E-state index contributed by atoms with van der Waals surface area (Å²) in [5.74, 6) is 3.07. The second kappa shape index (κ2) is 14.1. The quantitative estimate of drug-likeness (QED) is 0.156. The van der Waals surface area contributed by atoms with Crippen LogP contribution in [0.3, 0.4) is 0 Å². The first-order valence-electron chi connectivity index (χ1n) is 17.9. The van der Waals surface area contributed by atoms with E-state index in [1.54, 1.807) is 16.4 Å². The zero-order valence-electron chi connectivity index (χ0n) is 28.7. The number of nitrogens with one attached hydrogen (secondary N) is 2. The molecular weight excluding hydrogens is 649 g/mol. The van der Waals surface area contributed by atoms with Gasteiger partial charge in [-0.2, -0.15) is 0 Å². The van der Waals surface area contributed by atoms with E-state index in [0.29, 0.717) is 12.3 Å². The molecule has 50 heavy (non-hydrogen) atoms. The topological polar surface area (TPSA) is 123 Å². The molecule has 10 nitrogen and oxygen atoms in total. The van der Waals surface area contributed by atoms with Gasteiger partial charge in [-0.05, 0) is 107 Å². The summed E-state index contributed by atoms with van der Waals surface area (Å²) in [6.07, 6.45) is 6.55. The minimum atomic E-state index is -0.588. The lowest BCUT2D eigenvalue weighted by Crippen LogP contribution is -2.61. The zero-order valence-corrected chi connectivity index (χ0v) is 29.5. The van der Waals surface area contributed by atoms with Crippen LogP contribution in [-0.4, -0.2) is 48.7 Å². The number of ether oxygens (including phenoxy) is 2. The number of amides is 2. The number of urea groups is 1. The molecule has 5 aliphatic rings. The summed E-state index contributed by atoms with van der Waals surface area (Å²) in [6, 6.07) is 24.6. The van der Waals surface area contributed by atoms with E-state index < -0.39 is 6.29 Å². The highest BCUT2D eigenvalue weighted by Crippen LogP contribution is 2.55. The van der Waals surface area contributed by atoms with Crippen LogP contribution in [0.25, 0.3) is 11.1 Å². The van der Waals surface area contributed by atoms with Crippen LogP contribution in [0.5, 0.6) is 0 Å². The summed E-state index contributed by atoms with van der Waals surface area (Å²) >= 11 is 1.57. The highest BCUT2D eigenvalue weighted by molar-refractivity contribution is 7.99. The number of benzene rings is 3. The van der Waals surface area contributed by atoms with Crippen molar-refractivity contribution in [1.29, 1.82) is 0 Å². The predicted octanol–water partition coefficient (Wildman–Crippen LogP) is 6.72. The maximum atomic E-state index is 13.1. The van der Waals surface area contributed by atoms with E-state index in [2.05, 4.69) is 63.4 Å². The van der Waals surface area contributed by atoms with Gasteiger partial charge in [-0.25, -0.2) is 9.48 Å². The molecule has 2 amide bonds. The lowest BCUT2D eigenvalue weighted by Gasteiger charge is -2.56. The molecule has 0 radical (unpaired) electrons. The van der Waals surface area contributed by atoms with Gasteiger partial charge < -0.3 is 25.2 Å². The Bertz CT molecular complexity index is 1780. The Morgan fingerprint density at radius 3 is 2.30 bits per heavy atom. The molecule has 0 unspecified atom stereocenters. The van der Waals surface area contributed by atoms with Crippen molar-refractivity contribution < 1.29 is 19.4 Å². The third-order valence-electron chi connectivity index (χ3n) is 11.4. The zero-order chi connectivity index (χ0) is 34.2. The van der Waals surface area contributed by atoms with Crippen LogP contribution in [0.15, 0.2) is 78.0 Å². The van der Waals surface area contributed by atoms with E-state index in [0.717, 1.165) is 75.6 Å². The van der Waals surface area contributed by atoms with E-state index in [1.807, 2.05) is 49.5 Å². The van der Waals surface area contributed by atoms with Crippen molar-refractivity contribution in [3.05, 3.63) is 95.1 Å². The predicted molar refractivity (Wildman–Crippen MR) is 191 cm³/mol. The monoisotopic (exact) mass is 694 g/mol. The number of carbonyl (C=O) groups excluding carboxylic acids is 1. The molecule has 1 aliphatic heterocycles. The molecule has 3 N–H and O–H groups in total. The number of aliphatic hydroxyl groups excluding tert-OH is 1. The summed E-state index contributed by atoms with van der Waals surface area (Å²) in [6.45, 7) is 2.62. The third-order valence-corrected chi connectivity index (χ3v) is 12.5. The van der Waals surface area contributed by atoms with Crippen LogP contribution < -0.4 is 10.6 Å². The fourth-order valence-corrected chi connectivity index (χ4v) is 10.3. The molecule has 4 saturated carbocycles. The summed E-state index contributed by atoms with van der Waals surface area (Å²) < 4.78 is 15.1. The van der Waals surface area contributed by atoms with Gasteiger partial charge in [-0.15, -0.1) is 5.10 Å². The van der Waals surface area contributed by atoms with Gasteiger partial charge in [0.1, 0.15) is 0 Å². The van der Waals surface area contributed by atoms with Gasteiger partial charge in [0.2, 0.25) is 5.16 Å². The van der Waals surface area contributed by atoms with Gasteiger partial charge in [0.15, 0.2) is 6.29 Å². The lowest BCUT2D eigenvalue weighted by molar-refractivity contribution is -0.268. The minimum absolute atomic E-state index is 0.00279. The molecule has 2 heterocycles. The van der Waals surface area contributed by atoms with Gasteiger partial charge in [0.05, 0.1) is 18.8 Å². The largest absolute Gasteiger partial charge is 0.392 e. The first-order valence-corrected chi connectivity index (χ1v) is 18.9. The smallest absolute Gasteiger partial charge is 0.315 e. The van der Waals surface area contributed by atoms with Crippen molar-refractivity contribution in [3.8, 4) is 11.1 Å². The van der Waals surface area contributed by atoms with Crippen molar-refractivity contribution in [2.75, 3.05) is 5.75 Å². The molecule has 11 heteroatoms. The number of rotatable bonds is 10. The molecule has 0 spiro atoms. The number of nitrogens with zero attached hydrogens (tertiary/aromatic N) is 4. The third kappa shape index (κ3) is 7.06. The standard InChI is InChI=1S/C39H46N6O4S/c1-24-34(23-50-38-42-43-44-45(38)2)48-36(49-35(24)30-11-9-25(22-46)10-12-30)33-8-4-7-32(17-33)31-6-3-5-26(16-31)21-40-37(47)41-39-18-27-13-28(19-39)15-29(14-27)20-39/h3-12,16-17,24,27-29,34-36,46H,13-15,18-23H2,1-2H3,(H2,40,41,47)/t24-,27?,28?,29?,34+,35+,36+,39?/m1/s1. The number of aryl methyl sites for hydroxylation is 1. The number of hydrogen-bond donors (Lipinski definition) is 3. The Labute approximate surface area is 297 Å². The number of aliphatic hydroxyl groups is 1. The average molecular weight is 695 g/mol. The van der Waals surface area contributed by atoms with Crippen molar-refractivity contribution >= 4 is 17.8 Å². The molecule has 4 bridgehead atoms. The Kier molecular flexibility index (Phi) is 9.41. The number of aromatic nitrogens is 4. The van der Waals surface area contributed by atoms with Crippen LogP contribution in [0.2, 0.25) is 0 Å². The van der Waals surface area contributed by atoms with Gasteiger partial charge in [-0.1, -0.05) is 79.3 Å². The van der Waals surface area contributed by atoms with E-state index in [-0.39, 0.29) is 36.3 Å². The van der Waals surface area contributed by atoms with E-state index >= 15 is 0 Å². The van der Waals surface area contributed by atoms with E-state index in [9.17, 15) is 9.90 Å². The van der Waals surface area contributed by atoms with Crippen molar-refractivity contribution in [3.63, 3.8) is 0 Å². The van der Waals surface area contributed by atoms with Gasteiger partial charge in [0.25, 0.3) is 0 Å². The Morgan fingerprint density at radius 2 is 1.62 bits per heavy atom. The maximum Gasteiger partial charge on any atom is 0.315 e. The summed E-state index contributed by atoms with van der Waals surface area (Å²) in [5, 5.41) is 28.8. The molecule has 9 rings (SSSR count). The molecule has 1 saturated heterocycles. The molecule has 1 aromatic heterocycles. The first kappa shape index (κ1) is 33.4. The number of carbonyl (C=O) groups is 1. The minimum Gasteiger partial charge on any atom is -0.392 e. The van der Waals surface area contributed by atoms with Gasteiger partial charge in [0, 0.05) is 36.4 Å². The molecule has 3 aromatic carbocycles. The molecule has 4 aliphatic carbocycles. The highest BCUT2D eigenvalue weighted by atomic mass is 32.2. The van der Waals surface area contributed by atoms with Crippen molar-refractivity contribution in [1.82, 2.24) is 30.8 Å². The summed E-state index contributed by atoms with van der Waals surface area (Å²) in [4.78, 5) is 13.1. The summed E-state index contributed by atoms with van der Waals surface area (Å²) in [7, 11) is 1.83. The van der Waals surface area contributed by atoms with Crippen LogP contribution in [0.1, 0.15) is 80.1 Å². The van der Waals surface area contributed by atoms with Gasteiger partial charge >= 0.3 is 6.03 Å². The Morgan fingerprint density at radius 1 is 0.920 bits per heavy atom. The lowest BCUT2D eigenvalue weighted by atomic mass is 9.53. The van der Waals surface area contributed by atoms with Gasteiger partial charge in [-0.3, -0.25) is 0 Å². The Balaban J connectivity index is 0.968. The van der Waals surface area contributed by atoms with Crippen molar-refractivity contribution in [2.45, 2.75) is 87.8 Å². The average Bonchev–Trinajstić information content (AvgIpc) is 3.54. The molecule has 262 valence electrons. The molecule has 5 fully saturated rings. The van der Waals surface area contributed by atoms with E-state index in [4.69, 9.17) is 9.47 Å². The number of thioether (sulfide) groups is 1. The summed E-state index contributed by atoms with van der Waals surface area (Å²) in [5.41, 5.74) is 5.99. The number of tetrazole rings is 1. The maximum absolute atomic E-state index is 13.1. The fraction of sp³-hybridized carbons (Fsp3) is 0.487. The SMILES string of the molecule is C[C@@H]1[C@H](CSc2nnnn2C)O[C@H](c2cccc(-c3cccc(CNC(=O)NC45CC6CC(CC(C6)C4)C5)c3)c2)O[C@@H]1c1ccc(CO)cc1. The van der Waals surface area contributed by atoms with Crippen molar-refractivity contribution in [2.24, 2.45) is 30.7 Å². The Hall–Kier alpha value is -3.77. The van der Waals surface area contributed by atoms with Crippen LogP contribution >= 0.6 is 11.8 Å². The fourth-order valence-electron chi connectivity index (χ4n) is 9.27. The number of hydrogen-bond acceptors (Lipinski definition) is 8. The normalized spacial score (nSPS) is 29.9. The first-order chi connectivity index (χ1) is 24.3. The second-order valence-electron chi connectivity index (χ2n) is 15.0. The van der Waals surface area contributed by atoms with Crippen LogP contribution in [-0.2, 0) is 29.7 Å². The van der Waals surface area contributed by atoms with Crippen LogP contribution in [0.4, 0.5) is 4.79 Å². The van der Waals surface area contributed by atoms with E-state index in [1.165, 1.54) is 19.3 Å². The molecule has 4 atom stereocenters. The van der Waals surface area contributed by atoms with Crippen LogP contribution in [0, 0.1) is 23.7 Å².